The molecule has 1 atom stereocenters. The fourth-order valence-corrected chi connectivity index (χ4v) is 4.10. The van der Waals surface area contributed by atoms with Crippen molar-refractivity contribution < 1.29 is 24.2 Å². The first kappa shape index (κ1) is 30.0. The van der Waals surface area contributed by atoms with E-state index in [2.05, 4.69) is 57.3 Å². The zero-order chi connectivity index (χ0) is 27.2. The van der Waals surface area contributed by atoms with Crippen molar-refractivity contribution in [1.29, 1.82) is 0 Å². The first-order valence-corrected chi connectivity index (χ1v) is 13.3. The Bertz CT molecular complexity index is 1050. The summed E-state index contributed by atoms with van der Waals surface area (Å²) in [4.78, 5) is 23.9. The number of rotatable bonds is 16. The van der Waals surface area contributed by atoms with Crippen molar-refractivity contribution in [2.45, 2.75) is 71.6 Å². The van der Waals surface area contributed by atoms with E-state index in [1.165, 1.54) is 41.5 Å². The highest BCUT2D eigenvalue weighted by Gasteiger charge is 2.18. The molecule has 0 radical (unpaired) electrons. The quantitative estimate of drug-likeness (QED) is 0.170. The molecule has 2 aromatic carbocycles. The molecule has 2 aromatic rings. The van der Waals surface area contributed by atoms with Crippen LogP contribution in [-0.4, -0.2) is 36.9 Å². The third-order valence-corrected chi connectivity index (χ3v) is 6.51. The van der Waals surface area contributed by atoms with E-state index in [1.807, 2.05) is 12.1 Å². The van der Waals surface area contributed by atoms with E-state index in [-0.39, 0.29) is 24.7 Å². The Labute approximate surface area is 222 Å². The predicted molar refractivity (Wildman–Crippen MR) is 149 cm³/mol. The fourth-order valence-electron chi connectivity index (χ4n) is 4.10. The van der Waals surface area contributed by atoms with Crippen LogP contribution in [0, 0.1) is 0 Å². The summed E-state index contributed by atoms with van der Waals surface area (Å²) in [5, 5.41) is 9.10. The van der Waals surface area contributed by atoms with Crippen molar-refractivity contribution in [2.75, 3.05) is 19.8 Å². The molecular weight excluding hydrogens is 464 g/mol. The monoisotopic (exact) mass is 506 g/mol. The highest BCUT2D eigenvalue weighted by Crippen LogP contribution is 2.21. The van der Waals surface area contributed by atoms with Gasteiger partial charge < -0.3 is 14.6 Å². The Kier molecular flexibility index (Phi) is 12.9. The van der Waals surface area contributed by atoms with Gasteiger partial charge in [-0.3, -0.25) is 0 Å². The molecular formula is C32H42O5. The summed E-state index contributed by atoms with van der Waals surface area (Å²) < 4.78 is 10.6. The number of aryl methyl sites for hydroxylation is 4. The predicted octanol–water partition coefficient (Wildman–Crippen LogP) is 6.06. The molecule has 0 spiro atoms. The van der Waals surface area contributed by atoms with Gasteiger partial charge in [0.25, 0.3) is 0 Å². The van der Waals surface area contributed by atoms with E-state index in [0.29, 0.717) is 5.57 Å². The van der Waals surface area contributed by atoms with Gasteiger partial charge in [-0.1, -0.05) is 82.3 Å². The Morgan fingerprint density at radius 1 is 0.838 bits per heavy atom. The Hall–Kier alpha value is -3.18. The number of hydrogen-bond acceptors (Lipinski definition) is 5. The third kappa shape index (κ3) is 10.0. The maximum absolute atomic E-state index is 12.0. The van der Waals surface area contributed by atoms with E-state index in [9.17, 15) is 9.59 Å². The van der Waals surface area contributed by atoms with Crippen LogP contribution in [-0.2, 0) is 44.7 Å². The number of ether oxygens (including phenoxy) is 2. The van der Waals surface area contributed by atoms with Crippen molar-refractivity contribution in [3.05, 3.63) is 94.6 Å². The summed E-state index contributed by atoms with van der Waals surface area (Å²) in [5.74, 6) is -1.51. The molecule has 5 nitrogen and oxygen atoms in total. The number of hydrogen-bond donors (Lipinski definition) is 1. The Morgan fingerprint density at radius 2 is 1.46 bits per heavy atom. The number of benzene rings is 2. The van der Waals surface area contributed by atoms with Gasteiger partial charge in [-0.05, 0) is 66.8 Å². The van der Waals surface area contributed by atoms with Gasteiger partial charge in [0.15, 0.2) is 0 Å². The molecule has 37 heavy (non-hydrogen) atoms. The van der Waals surface area contributed by atoms with Crippen molar-refractivity contribution in [3.63, 3.8) is 0 Å². The topological polar surface area (TPSA) is 72.8 Å². The second-order valence-electron chi connectivity index (χ2n) is 9.59. The van der Waals surface area contributed by atoms with Gasteiger partial charge in [0.05, 0.1) is 18.1 Å². The van der Waals surface area contributed by atoms with Crippen LogP contribution in [0.15, 0.2) is 66.8 Å². The summed E-state index contributed by atoms with van der Waals surface area (Å²) in [7, 11) is 0. The van der Waals surface area contributed by atoms with Gasteiger partial charge in [-0.2, -0.15) is 0 Å². The van der Waals surface area contributed by atoms with Gasteiger partial charge in [-0.15, -0.1) is 0 Å². The lowest BCUT2D eigenvalue weighted by atomic mass is 9.94. The maximum Gasteiger partial charge on any atom is 0.335 e. The molecule has 0 amide bonds. The fraction of sp³-hybridized carbons (Fsp3) is 0.438. The summed E-state index contributed by atoms with van der Waals surface area (Å²) in [6, 6.07) is 15.0. The SMILES string of the molecule is C=C(C)C(=O)OCC(COC(=O)C(=C)CO)c1ccc(CCc2ccc(CCCCC)c(CC)c2)cc1. The van der Waals surface area contributed by atoms with Crippen LogP contribution in [0.25, 0.3) is 0 Å². The van der Waals surface area contributed by atoms with Gasteiger partial charge in [0.2, 0.25) is 0 Å². The minimum Gasteiger partial charge on any atom is -0.462 e. The minimum absolute atomic E-state index is 0.00503. The maximum atomic E-state index is 12.0. The molecule has 1 N–H and O–H groups in total. The molecule has 0 fully saturated rings. The second kappa shape index (κ2) is 15.8. The molecule has 200 valence electrons. The molecule has 0 heterocycles. The second-order valence-corrected chi connectivity index (χ2v) is 9.59. The number of esters is 2. The van der Waals surface area contributed by atoms with Crippen LogP contribution in [0.1, 0.15) is 73.8 Å². The molecule has 0 aliphatic rings. The summed E-state index contributed by atoms with van der Waals surface area (Å²) in [5.41, 5.74) is 6.66. The average Bonchev–Trinajstić information content (AvgIpc) is 2.91. The molecule has 1 unspecified atom stereocenters. The number of carbonyl (C=O) groups excluding carboxylic acids is 2. The van der Waals surface area contributed by atoms with Crippen LogP contribution in [0.2, 0.25) is 0 Å². The van der Waals surface area contributed by atoms with E-state index >= 15 is 0 Å². The smallest absolute Gasteiger partial charge is 0.335 e. The molecule has 0 aromatic heterocycles. The van der Waals surface area contributed by atoms with Crippen LogP contribution in [0.3, 0.4) is 0 Å². The highest BCUT2D eigenvalue weighted by atomic mass is 16.5. The molecule has 0 saturated carbocycles. The van der Waals surface area contributed by atoms with Crippen molar-refractivity contribution in [1.82, 2.24) is 0 Å². The van der Waals surface area contributed by atoms with Crippen molar-refractivity contribution in [3.8, 4) is 0 Å². The molecule has 5 heteroatoms. The standard InChI is InChI=1S/C32H42O5/c1-6-8-9-10-28-18-15-26(19-27(28)7-2)12-11-25-13-16-29(17-14-25)30(21-36-31(34)23(3)4)22-37-32(35)24(5)20-33/h13-19,30,33H,3,5-12,20-22H2,1-2,4H3. The molecule has 0 aliphatic heterocycles. The van der Waals surface area contributed by atoms with Gasteiger partial charge in [0.1, 0.15) is 13.2 Å². The molecule has 2 rings (SSSR count). The zero-order valence-electron chi connectivity index (χ0n) is 22.7. The van der Waals surface area contributed by atoms with Crippen LogP contribution >= 0.6 is 0 Å². The third-order valence-electron chi connectivity index (χ3n) is 6.51. The average molecular weight is 507 g/mol. The van der Waals surface area contributed by atoms with E-state index in [4.69, 9.17) is 14.6 Å². The Morgan fingerprint density at radius 3 is 2.05 bits per heavy atom. The first-order valence-electron chi connectivity index (χ1n) is 13.3. The normalized spacial score (nSPS) is 11.6. The van der Waals surface area contributed by atoms with E-state index in [0.717, 1.165) is 31.2 Å². The molecule has 0 aliphatic carbocycles. The number of unbranched alkanes of at least 4 members (excludes halogenated alkanes) is 2. The van der Waals surface area contributed by atoms with E-state index < -0.39 is 18.5 Å². The van der Waals surface area contributed by atoms with Gasteiger partial charge in [-0.25, -0.2) is 9.59 Å². The van der Waals surface area contributed by atoms with E-state index in [1.54, 1.807) is 6.92 Å². The van der Waals surface area contributed by atoms with Crippen LogP contribution in [0.5, 0.6) is 0 Å². The molecule has 0 saturated heterocycles. The first-order chi connectivity index (χ1) is 17.8. The summed E-state index contributed by atoms with van der Waals surface area (Å²) in [6.45, 7) is 12.7. The Balaban J connectivity index is 2.04. The number of carbonyl (C=O) groups is 2. The van der Waals surface area contributed by atoms with Gasteiger partial charge in [0, 0.05) is 5.57 Å². The van der Waals surface area contributed by atoms with Crippen molar-refractivity contribution >= 4 is 11.9 Å². The molecule has 0 bridgehead atoms. The number of aliphatic hydroxyl groups is 1. The lowest BCUT2D eigenvalue weighted by Crippen LogP contribution is -2.21. The lowest BCUT2D eigenvalue weighted by molar-refractivity contribution is -0.142. The number of aliphatic hydroxyl groups excluding tert-OH is 1. The van der Waals surface area contributed by atoms with Crippen LogP contribution < -0.4 is 0 Å². The minimum atomic E-state index is -0.668. The zero-order valence-corrected chi connectivity index (χ0v) is 22.7. The largest absolute Gasteiger partial charge is 0.462 e. The van der Waals surface area contributed by atoms with Gasteiger partial charge >= 0.3 is 11.9 Å². The summed E-state index contributed by atoms with van der Waals surface area (Å²) >= 11 is 0. The lowest BCUT2D eigenvalue weighted by Gasteiger charge is -2.18. The highest BCUT2D eigenvalue weighted by molar-refractivity contribution is 5.88. The van der Waals surface area contributed by atoms with Crippen LogP contribution in [0.4, 0.5) is 0 Å². The summed E-state index contributed by atoms with van der Waals surface area (Å²) in [6.07, 6.45) is 7.85. The van der Waals surface area contributed by atoms with Crippen molar-refractivity contribution in [2.24, 2.45) is 0 Å².